The second-order valence-electron chi connectivity index (χ2n) is 7.80. The highest BCUT2D eigenvalue weighted by Gasteiger charge is 2.15. The van der Waals surface area contributed by atoms with E-state index in [-0.39, 0.29) is 23.8 Å². The van der Waals surface area contributed by atoms with Gasteiger partial charge in [0.1, 0.15) is 0 Å². The highest BCUT2D eigenvalue weighted by molar-refractivity contribution is 7.89. The van der Waals surface area contributed by atoms with Crippen molar-refractivity contribution in [2.75, 3.05) is 29.9 Å². The zero-order valence-corrected chi connectivity index (χ0v) is 18.2. The van der Waals surface area contributed by atoms with E-state index in [0.29, 0.717) is 5.69 Å². The van der Waals surface area contributed by atoms with Crippen LogP contribution in [0.3, 0.4) is 0 Å². The maximum Gasteiger partial charge on any atom is 0.240 e. The number of anilines is 2. The summed E-state index contributed by atoms with van der Waals surface area (Å²) in [6, 6.07) is 20.4. The Labute approximate surface area is 183 Å². The number of carbonyl (C=O) groups excluding carboxylic acids is 1. The topological polar surface area (TPSA) is 78.5 Å². The van der Waals surface area contributed by atoms with Gasteiger partial charge in [-0.25, -0.2) is 13.1 Å². The summed E-state index contributed by atoms with van der Waals surface area (Å²) in [6.45, 7) is 2.18. The van der Waals surface area contributed by atoms with Crippen LogP contribution in [0.25, 0.3) is 10.8 Å². The van der Waals surface area contributed by atoms with E-state index in [1.165, 1.54) is 24.9 Å². The number of hydrogen-bond acceptors (Lipinski definition) is 4. The van der Waals surface area contributed by atoms with Crippen LogP contribution in [0.1, 0.15) is 25.7 Å². The van der Waals surface area contributed by atoms with Crippen LogP contribution >= 0.6 is 0 Å². The fourth-order valence-corrected chi connectivity index (χ4v) is 4.91. The molecular formula is C24H27N3O3S. The molecule has 1 fully saturated rings. The van der Waals surface area contributed by atoms with Gasteiger partial charge in [-0.05, 0) is 66.4 Å². The number of amides is 1. The lowest BCUT2D eigenvalue weighted by atomic mass is 10.1. The largest absolute Gasteiger partial charge is 0.372 e. The minimum Gasteiger partial charge on any atom is -0.372 e. The Bertz CT molecular complexity index is 1150. The zero-order chi connectivity index (χ0) is 21.7. The van der Waals surface area contributed by atoms with Crippen molar-refractivity contribution < 1.29 is 13.2 Å². The van der Waals surface area contributed by atoms with Crippen molar-refractivity contribution in [3.63, 3.8) is 0 Å². The highest BCUT2D eigenvalue weighted by atomic mass is 32.2. The van der Waals surface area contributed by atoms with Gasteiger partial charge in [-0.15, -0.1) is 0 Å². The van der Waals surface area contributed by atoms with Crippen LogP contribution in [-0.2, 0) is 14.8 Å². The van der Waals surface area contributed by atoms with Crippen molar-refractivity contribution >= 4 is 38.1 Å². The summed E-state index contributed by atoms with van der Waals surface area (Å²) in [4.78, 5) is 14.8. The number of fused-ring (bicyclic) bond motifs is 1. The van der Waals surface area contributed by atoms with Gasteiger partial charge < -0.3 is 10.2 Å². The molecule has 4 rings (SSSR count). The van der Waals surface area contributed by atoms with Gasteiger partial charge in [0.2, 0.25) is 15.9 Å². The summed E-state index contributed by atoms with van der Waals surface area (Å²) in [5.41, 5.74) is 1.88. The van der Waals surface area contributed by atoms with Gasteiger partial charge in [0, 0.05) is 37.4 Å². The minimum atomic E-state index is -3.67. The Balaban J connectivity index is 1.29. The van der Waals surface area contributed by atoms with Crippen LogP contribution in [0.15, 0.2) is 71.6 Å². The van der Waals surface area contributed by atoms with E-state index >= 15 is 0 Å². The second-order valence-corrected chi connectivity index (χ2v) is 9.57. The number of nitrogens with one attached hydrogen (secondary N) is 2. The van der Waals surface area contributed by atoms with Gasteiger partial charge in [-0.1, -0.05) is 30.3 Å². The first kappa shape index (κ1) is 21.3. The summed E-state index contributed by atoms with van der Waals surface area (Å²) >= 11 is 0. The Morgan fingerprint density at radius 2 is 1.58 bits per heavy atom. The Hall–Kier alpha value is -2.90. The fraction of sp³-hybridized carbons (Fsp3) is 0.292. The van der Waals surface area contributed by atoms with Crippen molar-refractivity contribution in [3.8, 4) is 0 Å². The lowest BCUT2D eigenvalue weighted by Gasteiger charge is -2.28. The number of rotatable bonds is 7. The van der Waals surface area contributed by atoms with Crippen molar-refractivity contribution in [1.82, 2.24) is 4.72 Å². The fourth-order valence-electron chi connectivity index (χ4n) is 3.85. The van der Waals surface area contributed by atoms with E-state index in [2.05, 4.69) is 14.9 Å². The first-order valence-electron chi connectivity index (χ1n) is 10.6. The molecule has 0 radical (unpaired) electrons. The van der Waals surface area contributed by atoms with E-state index < -0.39 is 10.0 Å². The van der Waals surface area contributed by atoms with Gasteiger partial charge in [0.25, 0.3) is 0 Å². The van der Waals surface area contributed by atoms with E-state index in [0.717, 1.165) is 23.9 Å². The normalized spacial score (nSPS) is 14.5. The predicted octanol–water partition coefficient (Wildman–Crippen LogP) is 4.14. The first-order valence-corrected chi connectivity index (χ1v) is 12.1. The summed E-state index contributed by atoms with van der Waals surface area (Å²) in [5.74, 6) is -0.230. The van der Waals surface area contributed by atoms with E-state index in [1.807, 2.05) is 48.5 Å². The summed E-state index contributed by atoms with van der Waals surface area (Å²) < 4.78 is 27.6. The van der Waals surface area contributed by atoms with Crippen LogP contribution in [0.4, 0.5) is 11.4 Å². The molecule has 0 saturated carbocycles. The van der Waals surface area contributed by atoms with E-state index in [9.17, 15) is 13.2 Å². The van der Waals surface area contributed by atoms with Gasteiger partial charge in [0.05, 0.1) is 4.90 Å². The Morgan fingerprint density at radius 1 is 0.871 bits per heavy atom. The Kier molecular flexibility index (Phi) is 6.53. The molecule has 0 spiro atoms. The van der Waals surface area contributed by atoms with Crippen molar-refractivity contribution in [2.45, 2.75) is 30.6 Å². The maximum absolute atomic E-state index is 12.6. The van der Waals surface area contributed by atoms with Gasteiger partial charge >= 0.3 is 0 Å². The zero-order valence-electron chi connectivity index (χ0n) is 17.4. The van der Waals surface area contributed by atoms with Crippen molar-refractivity contribution in [2.24, 2.45) is 0 Å². The lowest BCUT2D eigenvalue weighted by molar-refractivity contribution is -0.116. The molecule has 1 amide bonds. The highest BCUT2D eigenvalue weighted by Crippen LogP contribution is 2.22. The number of sulfonamides is 1. The molecule has 1 heterocycles. The number of piperidine rings is 1. The molecule has 1 aliphatic rings. The van der Waals surface area contributed by atoms with Crippen LogP contribution in [0.5, 0.6) is 0 Å². The molecule has 2 N–H and O–H groups in total. The molecule has 1 aliphatic heterocycles. The van der Waals surface area contributed by atoms with Gasteiger partial charge in [-0.2, -0.15) is 0 Å². The molecule has 0 unspecified atom stereocenters. The second kappa shape index (κ2) is 9.49. The Morgan fingerprint density at radius 3 is 2.32 bits per heavy atom. The molecule has 7 heteroatoms. The number of benzene rings is 3. The average molecular weight is 438 g/mol. The van der Waals surface area contributed by atoms with Crippen LogP contribution in [0, 0.1) is 0 Å². The first-order chi connectivity index (χ1) is 15.0. The van der Waals surface area contributed by atoms with Crippen LogP contribution in [-0.4, -0.2) is 34.0 Å². The van der Waals surface area contributed by atoms with Crippen LogP contribution in [0.2, 0.25) is 0 Å². The molecule has 0 bridgehead atoms. The number of nitrogens with zero attached hydrogens (tertiary/aromatic N) is 1. The smallest absolute Gasteiger partial charge is 0.240 e. The molecule has 162 valence electrons. The number of carbonyl (C=O) groups is 1. The summed E-state index contributed by atoms with van der Waals surface area (Å²) in [7, 11) is -3.67. The summed E-state index contributed by atoms with van der Waals surface area (Å²) in [5, 5.41) is 4.67. The molecule has 31 heavy (non-hydrogen) atoms. The van der Waals surface area contributed by atoms with Crippen LogP contribution < -0.4 is 14.9 Å². The molecule has 6 nitrogen and oxygen atoms in total. The van der Waals surface area contributed by atoms with Gasteiger partial charge in [0.15, 0.2) is 0 Å². The predicted molar refractivity (Wildman–Crippen MR) is 125 cm³/mol. The molecule has 3 aromatic carbocycles. The lowest BCUT2D eigenvalue weighted by Crippen LogP contribution is -2.29. The quantitative estimate of drug-likeness (QED) is 0.582. The van der Waals surface area contributed by atoms with E-state index in [1.54, 1.807) is 18.2 Å². The van der Waals surface area contributed by atoms with Gasteiger partial charge in [-0.3, -0.25) is 4.79 Å². The third-order valence-electron chi connectivity index (χ3n) is 5.55. The standard InChI is InChI=1S/C24H27N3O3S/c28-24(26-21-9-11-22(12-10-21)27-16-4-1-5-17-27)14-15-25-31(29,30)23-13-8-19-6-2-3-7-20(19)18-23/h2-3,6-13,18,25H,1,4-5,14-17H2,(H,26,28). The van der Waals surface area contributed by atoms with Crippen molar-refractivity contribution in [3.05, 3.63) is 66.7 Å². The third kappa shape index (κ3) is 5.42. The molecule has 0 atom stereocenters. The molecule has 3 aromatic rings. The third-order valence-corrected chi connectivity index (χ3v) is 7.01. The molecule has 0 aliphatic carbocycles. The van der Waals surface area contributed by atoms with E-state index in [4.69, 9.17) is 0 Å². The minimum absolute atomic E-state index is 0.0346. The summed E-state index contributed by atoms with van der Waals surface area (Å²) in [6.07, 6.45) is 3.77. The molecular weight excluding hydrogens is 410 g/mol. The van der Waals surface area contributed by atoms with Crippen molar-refractivity contribution in [1.29, 1.82) is 0 Å². The maximum atomic E-state index is 12.6. The average Bonchev–Trinajstić information content (AvgIpc) is 2.79. The molecule has 1 saturated heterocycles. The number of hydrogen-bond donors (Lipinski definition) is 2. The molecule has 0 aromatic heterocycles. The SMILES string of the molecule is O=C(CCNS(=O)(=O)c1ccc2ccccc2c1)Nc1ccc(N2CCCCC2)cc1. The monoisotopic (exact) mass is 437 g/mol.